The normalized spacial score (nSPS) is 11.8. The number of tetrazole rings is 1. The van der Waals surface area contributed by atoms with Crippen LogP contribution in [0.2, 0.25) is 0 Å². The summed E-state index contributed by atoms with van der Waals surface area (Å²) in [4.78, 5) is 24.7. The summed E-state index contributed by atoms with van der Waals surface area (Å²) in [5, 5.41) is 15.0. The number of carbonyl (C=O) groups is 2. The number of aromatic nitrogens is 4. The fourth-order valence-corrected chi connectivity index (χ4v) is 2.75. The summed E-state index contributed by atoms with van der Waals surface area (Å²) < 4.78 is 0. The Morgan fingerprint density at radius 2 is 1.79 bits per heavy atom. The number of primary amides is 1. The Morgan fingerprint density at radius 1 is 1.11 bits per heavy atom. The Morgan fingerprint density at radius 3 is 2.39 bits per heavy atom. The fraction of sp³-hybridized carbons (Fsp3) is 0.250. The topological polar surface area (TPSA) is 116 Å². The number of amides is 2. The number of nitrogens with one attached hydrogen (secondary N) is 1. The third-order valence-electron chi connectivity index (χ3n) is 4.43. The van der Waals surface area contributed by atoms with Gasteiger partial charge in [-0.1, -0.05) is 43.3 Å². The second-order valence-corrected chi connectivity index (χ2v) is 6.47. The molecule has 3 N–H and O–H groups in total. The Kier molecular flexibility index (Phi) is 5.78. The van der Waals surface area contributed by atoms with Crippen LogP contribution in [0.3, 0.4) is 0 Å². The molecule has 3 rings (SSSR count). The summed E-state index contributed by atoms with van der Waals surface area (Å²) in [6, 6.07) is 14.6. The predicted molar refractivity (Wildman–Crippen MR) is 104 cm³/mol. The van der Waals surface area contributed by atoms with Crippen molar-refractivity contribution in [2.45, 2.75) is 32.9 Å². The molecular formula is C20H22N6O2. The lowest BCUT2D eigenvalue weighted by Gasteiger charge is -2.14. The van der Waals surface area contributed by atoms with Crippen molar-refractivity contribution in [2.24, 2.45) is 5.73 Å². The van der Waals surface area contributed by atoms with Gasteiger partial charge in [0.25, 0.3) is 0 Å². The first kappa shape index (κ1) is 19.2. The van der Waals surface area contributed by atoms with Gasteiger partial charge in [0, 0.05) is 11.1 Å². The van der Waals surface area contributed by atoms with Gasteiger partial charge < -0.3 is 11.1 Å². The Balaban J connectivity index is 1.60. The van der Waals surface area contributed by atoms with Crippen LogP contribution < -0.4 is 11.1 Å². The van der Waals surface area contributed by atoms with Crippen molar-refractivity contribution in [1.29, 1.82) is 0 Å². The van der Waals surface area contributed by atoms with Crippen molar-refractivity contribution in [3.05, 3.63) is 65.2 Å². The number of aryl methyl sites for hydroxylation is 1. The van der Waals surface area contributed by atoms with Gasteiger partial charge >= 0.3 is 0 Å². The van der Waals surface area contributed by atoms with Gasteiger partial charge in [0.05, 0.1) is 6.04 Å². The zero-order valence-electron chi connectivity index (χ0n) is 15.8. The van der Waals surface area contributed by atoms with Gasteiger partial charge in [0.2, 0.25) is 17.6 Å². The molecule has 0 bridgehead atoms. The molecule has 1 atom stereocenters. The highest BCUT2D eigenvalue weighted by molar-refractivity contribution is 5.93. The van der Waals surface area contributed by atoms with E-state index in [1.807, 2.05) is 19.1 Å². The molecule has 1 aromatic heterocycles. The summed E-state index contributed by atoms with van der Waals surface area (Å²) in [7, 11) is 0. The van der Waals surface area contributed by atoms with Gasteiger partial charge in [-0.25, -0.2) is 0 Å². The minimum Gasteiger partial charge on any atom is -0.366 e. The minimum atomic E-state index is -0.502. The van der Waals surface area contributed by atoms with Crippen molar-refractivity contribution in [1.82, 2.24) is 25.5 Å². The highest BCUT2D eigenvalue weighted by Crippen LogP contribution is 2.15. The molecule has 0 aliphatic rings. The SMILES string of the molecule is CCc1ccc([C@H](C)NC(=O)Cn2nnc(-c3ccc(C(N)=O)cc3)n2)cc1. The van der Waals surface area contributed by atoms with Crippen molar-refractivity contribution in [3.63, 3.8) is 0 Å². The zero-order chi connectivity index (χ0) is 20.1. The van der Waals surface area contributed by atoms with Gasteiger partial charge in [-0.15, -0.1) is 10.2 Å². The first-order valence-electron chi connectivity index (χ1n) is 9.02. The lowest BCUT2D eigenvalue weighted by atomic mass is 10.1. The summed E-state index contributed by atoms with van der Waals surface area (Å²) in [6.45, 7) is 3.99. The van der Waals surface area contributed by atoms with E-state index in [-0.39, 0.29) is 18.5 Å². The number of benzene rings is 2. The summed E-state index contributed by atoms with van der Waals surface area (Å²) in [6.07, 6.45) is 0.979. The van der Waals surface area contributed by atoms with E-state index in [1.54, 1.807) is 24.3 Å². The third-order valence-corrected chi connectivity index (χ3v) is 4.43. The Labute approximate surface area is 162 Å². The summed E-state index contributed by atoms with van der Waals surface area (Å²) in [5.74, 6) is -0.342. The first-order valence-corrected chi connectivity index (χ1v) is 9.02. The average Bonchev–Trinajstić information content (AvgIpc) is 3.16. The quantitative estimate of drug-likeness (QED) is 0.651. The maximum Gasteiger partial charge on any atom is 0.248 e. The van der Waals surface area contributed by atoms with E-state index in [0.29, 0.717) is 17.0 Å². The molecule has 0 unspecified atom stereocenters. The number of hydrogen-bond donors (Lipinski definition) is 2. The van der Waals surface area contributed by atoms with Crippen molar-refractivity contribution < 1.29 is 9.59 Å². The second-order valence-electron chi connectivity index (χ2n) is 6.47. The molecule has 3 aromatic rings. The van der Waals surface area contributed by atoms with Crippen molar-refractivity contribution in [2.75, 3.05) is 0 Å². The van der Waals surface area contributed by atoms with Crippen LogP contribution in [0.5, 0.6) is 0 Å². The molecule has 28 heavy (non-hydrogen) atoms. The van der Waals surface area contributed by atoms with Crippen LogP contribution in [0.15, 0.2) is 48.5 Å². The molecule has 0 fully saturated rings. The molecule has 0 aliphatic heterocycles. The van der Waals surface area contributed by atoms with E-state index in [0.717, 1.165) is 12.0 Å². The molecular weight excluding hydrogens is 356 g/mol. The van der Waals surface area contributed by atoms with Gasteiger partial charge in [0.15, 0.2) is 0 Å². The van der Waals surface area contributed by atoms with Crippen LogP contribution in [-0.2, 0) is 17.8 Å². The predicted octanol–water partition coefficient (Wildman–Crippen LogP) is 1.88. The molecule has 2 aromatic carbocycles. The molecule has 8 heteroatoms. The molecule has 0 saturated heterocycles. The number of nitrogens with two attached hydrogens (primary N) is 1. The monoisotopic (exact) mass is 378 g/mol. The Bertz CT molecular complexity index is 963. The molecule has 0 radical (unpaired) electrons. The largest absolute Gasteiger partial charge is 0.366 e. The zero-order valence-corrected chi connectivity index (χ0v) is 15.8. The highest BCUT2D eigenvalue weighted by atomic mass is 16.2. The van der Waals surface area contributed by atoms with E-state index in [1.165, 1.54) is 10.4 Å². The van der Waals surface area contributed by atoms with Crippen LogP contribution in [0, 0.1) is 0 Å². The standard InChI is InChI=1S/C20H22N6O2/c1-3-14-4-6-15(7-5-14)13(2)22-18(27)12-26-24-20(23-25-26)17-10-8-16(9-11-17)19(21)28/h4-11,13H,3,12H2,1-2H3,(H2,21,28)(H,22,27)/t13-/m0/s1. The van der Waals surface area contributed by atoms with Crippen LogP contribution >= 0.6 is 0 Å². The minimum absolute atomic E-state index is 0.0379. The number of nitrogens with zero attached hydrogens (tertiary/aromatic N) is 4. The number of rotatable bonds is 7. The average molecular weight is 378 g/mol. The lowest BCUT2D eigenvalue weighted by Crippen LogP contribution is -2.30. The highest BCUT2D eigenvalue weighted by Gasteiger charge is 2.13. The Hall–Kier alpha value is -3.55. The lowest BCUT2D eigenvalue weighted by molar-refractivity contribution is -0.122. The number of carbonyl (C=O) groups excluding carboxylic acids is 2. The van der Waals surface area contributed by atoms with Gasteiger partial charge in [-0.2, -0.15) is 4.80 Å². The molecule has 2 amide bonds. The van der Waals surface area contributed by atoms with E-state index >= 15 is 0 Å². The molecule has 0 aliphatic carbocycles. The van der Waals surface area contributed by atoms with Crippen LogP contribution in [-0.4, -0.2) is 32.0 Å². The van der Waals surface area contributed by atoms with E-state index < -0.39 is 5.91 Å². The maximum atomic E-state index is 12.3. The van der Waals surface area contributed by atoms with Gasteiger partial charge in [-0.3, -0.25) is 9.59 Å². The summed E-state index contributed by atoms with van der Waals surface area (Å²) in [5.41, 5.74) is 8.60. The number of hydrogen-bond acceptors (Lipinski definition) is 5. The smallest absolute Gasteiger partial charge is 0.248 e. The first-order chi connectivity index (χ1) is 13.5. The van der Waals surface area contributed by atoms with Crippen molar-refractivity contribution >= 4 is 11.8 Å². The van der Waals surface area contributed by atoms with Crippen LogP contribution in [0.25, 0.3) is 11.4 Å². The van der Waals surface area contributed by atoms with Gasteiger partial charge in [0.1, 0.15) is 6.54 Å². The van der Waals surface area contributed by atoms with Crippen LogP contribution in [0.4, 0.5) is 0 Å². The van der Waals surface area contributed by atoms with Crippen LogP contribution in [0.1, 0.15) is 41.4 Å². The molecule has 144 valence electrons. The third kappa shape index (κ3) is 4.59. The fourth-order valence-electron chi connectivity index (χ4n) is 2.75. The second kappa shape index (κ2) is 8.43. The summed E-state index contributed by atoms with van der Waals surface area (Å²) >= 11 is 0. The maximum absolute atomic E-state index is 12.3. The van der Waals surface area contributed by atoms with E-state index in [9.17, 15) is 9.59 Å². The molecule has 1 heterocycles. The molecule has 0 saturated carbocycles. The van der Waals surface area contributed by atoms with E-state index in [4.69, 9.17) is 5.73 Å². The van der Waals surface area contributed by atoms with E-state index in [2.05, 4.69) is 39.8 Å². The van der Waals surface area contributed by atoms with Gasteiger partial charge in [-0.05, 0) is 41.8 Å². The van der Waals surface area contributed by atoms with Crippen molar-refractivity contribution in [3.8, 4) is 11.4 Å². The molecule has 0 spiro atoms. The molecule has 8 nitrogen and oxygen atoms in total.